The fraction of sp³-hybridized carbons (Fsp3) is 0.280. The van der Waals surface area contributed by atoms with Crippen LogP contribution >= 0.6 is 0 Å². The largest absolute Gasteiger partial charge is 0.493 e. The molecule has 0 aliphatic heterocycles. The molecule has 33 heavy (non-hydrogen) atoms. The van der Waals surface area contributed by atoms with Crippen molar-refractivity contribution in [1.29, 1.82) is 0 Å². The highest BCUT2D eigenvalue weighted by Crippen LogP contribution is 2.44. The number of benzene rings is 2. The van der Waals surface area contributed by atoms with Crippen LogP contribution in [0.4, 0.5) is 4.39 Å². The summed E-state index contributed by atoms with van der Waals surface area (Å²) < 4.78 is 45.5. The van der Waals surface area contributed by atoms with Gasteiger partial charge in [-0.25, -0.2) is 12.8 Å². The first kappa shape index (κ1) is 24.4. The molecule has 0 spiro atoms. The highest BCUT2D eigenvalue weighted by Gasteiger charge is 2.26. The number of nitrogens with zero attached hydrogens (tertiary/aromatic N) is 1. The third kappa shape index (κ3) is 5.96. The summed E-state index contributed by atoms with van der Waals surface area (Å²) in [5.74, 6) is -0.321. The van der Waals surface area contributed by atoms with E-state index in [2.05, 4.69) is 10.3 Å². The average molecular weight is 471 g/mol. The van der Waals surface area contributed by atoms with Gasteiger partial charge in [-0.2, -0.15) is 0 Å². The molecule has 1 aromatic heterocycles. The van der Waals surface area contributed by atoms with E-state index in [-0.39, 0.29) is 17.3 Å². The fourth-order valence-corrected chi connectivity index (χ4v) is 4.46. The molecule has 6 nitrogen and oxygen atoms in total. The smallest absolute Gasteiger partial charge is 0.217 e. The van der Waals surface area contributed by atoms with Crippen LogP contribution in [-0.4, -0.2) is 32.2 Å². The molecule has 0 radical (unpaired) electrons. The summed E-state index contributed by atoms with van der Waals surface area (Å²) in [5, 5.41) is 2.70. The second kappa shape index (κ2) is 10.6. The van der Waals surface area contributed by atoms with E-state index in [1.165, 1.54) is 19.1 Å². The average Bonchev–Trinajstić information content (AvgIpc) is 2.78. The molecule has 0 unspecified atom stereocenters. The summed E-state index contributed by atoms with van der Waals surface area (Å²) in [7, 11) is -3.69. The van der Waals surface area contributed by atoms with E-state index < -0.39 is 15.7 Å². The van der Waals surface area contributed by atoms with E-state index in [1.807, 2.05) is 13.0 Å². The Balaban J connectivity index is 2.41. The number of aromatic nitrogens is 1. The Morgan fingerprint density at radius 2 is 1.88 bits per heavy atom. The lowest BCUT2D eigenvalue weighted by molar-refractivity contribution is -0.119. The first-order valence-electron chi connectivity index (χ1n) is 10.7. The van der Waals surface area contributed by atoms with Crippen LogP contribution in [0.5, 0.6) is 5.75 Å². The zero-order valence-corrected chi connectivity index (χ0v) is 19.7. The van der Waals surface area contributed by atoms with Crippen molar-refractivity contribution >= 4 is 15.7 Å². The fourth-order valence-electron chi connectivity index (χ4n) is 3.52. The van der Waals surface area contributed by atoms with Gasteiger partial charge in [0.05, 0.1) is 11.5 Å². The van der Waals surface area contributed by atoms with Gasteiger partial charge in [0, 0.05) is 48.8 Å². The van der Waals surface area contributed by atoms with Crippen molar-refractivity contribution in [3.05, 3.63) is 66.2 Å². The van der Waals surface area contributed by atoms with Gasteiger partial charge in [0.2, 0.25) is 5.91 Å². The maximum absolute atomic E-state index is 13.6. The Hall–Kier alpha value is -3.26. The van der Waals surface area contributed by atoms with Gasteiger partial charge in [0.15, 0.2) is 9.84 Å². The van der Waals surface area contributed by atoms with Crippen LogP contribution in [0.25, 0.3) is 22.3 Å². The molecule has 0 bridgehead atoms. The van der Waals surface area contributed by atoms with E-state index in [0.717, 1.165) is 19.1 Å². The highest BCUT2D eigenvalue weighted by atomic mass is 32.2. The number of carbonyl (C=O) groups excluding carboxylic acids is 1. The number of unbranched alkanes of at least 4 members (excludes halogenated alkanes) is 1. The molecule has 2 aromatic carbocycles. The predicted octanol–water partition coefficient (Wildman–Crippen LogP) is 4.77. The van der Waals surface area contributed by atoms with Crippen molar-refractivity contribution in [1.82, 2.24) is 10.3 Å². The van der Waals surface area contributed by atoms with E-state index >= 15 is 0 Å². The Morgan fingerprint density at radius 1 is 1.15 bits per heavy atom. The van der Waals surface area contributed by atoms with Crippen LogP contribution in [0.15, 0.2) is 59.8 Å². The standard InChI is InChI=1S/C25H27FN2O4S/c1-4-5-13-32-25-22(16-28-17(2)29)23(33(3,30)31)14-21(18-8-10-20(26)11-9-18)24(25)19-7-6-12-27-15-19/h6-12,14-15H,4-5,13,16H2,1-3H3,(H,28,29). The van der Waals surface area contributed by atoms with Crippen molar-refractivity contribution in [3.8, 4) is 28.0 Å². The minimum atomic E-state index is -3.69. The number of hydrogen-bond donors (Lipinski definition) is 1. The molecule has 3 rings (SSSR count). The van der Waals surface area contributed by atoms with Gasteiger partial charge in [0.25, 0.3) is 0 Å². The van der Waals surface area contributed by atoms with Crippen molar-refractivity contribution in [2.75, 3.05) is 12.9 Å². The van der Waals surface area contributed by atoms with Gasteiger partial charge >= 0.3 is 0 Å². The molecule has 174 valence electrons. The Labute approximate surface area is 193 Å². The lowest BCUT2D eigenvalue weighted by atomic mass is 9.92. The lowest BCUT2D eigenvalue weighted by Gasteiger charge is -2.23. The van der Waals surface area contributed by atoms with Crippen molar-refractivity contribution in [2.24, 2.45) is 0 Å². The van der Waals surface area contributed by atoms with Crippen LogP contribution < -0.4 is 10.1 Å². The summed E-state index contributed by atoms with van der Waals surface area (Å²) >= 11 is 0. The summed E-state index contributed by atoms with van der Waals surface area (Å²) in [5.41, 5.74) is 2.92. The third-order valence-corrected chi connectivity index (χ3v) is 6.27. The number of sulfone groups is 1. The normalized spacial score (nSPS) is 11.3. The van der Waals surface area contributed by atoms with E-state index in [4.69, 9.17) is 4.74 Å². The van der Waals surface area contributed by atoms with Crippen LogP contribution in [0, 0.1) is 5.82 Å². The number of halogens is 1. The first-order valence-corrected chi connectivity index (χ1v) is 12.5. The molecule has 1 heterocycles. The van der Waals surface area contributed by atoms with Crippen molar-refractivity contribution in [3.63, 3.8) is 0 Å². The SMILES string of the molecule is CCCCOc1c(CNC(C)=O)c(S(C)(=O)=O)cc(-c2ccc(F)cc2)c1-c1cccnc1. The number of ether oxygens (including phenoxy) is 1. The van der Waals surface area contributed by atoms with Gasteiger partial charge in [0.1, 0.15) is 11.6 Å². The lowest BCUT2D eigenvalue weighted by Crippen LogP contribution is -2.22. The minimum absolute atomic E-state index is 0.0177. The summed E-state index contributed by atoms with van der Waals surface area (Å²) in [6.07, 6.45) is 6.08. The maximum Gasteiger partial charge on any atom is 0.217 e. The number of nitrogens with one attached hydrogen (secondary N) is 1. The van der Waals surface area contributed by atoms with Gasteiger partial charge in [-0.15, -0.1) is 0 Å². The van der Waals surface area contributed by atoms with Gasteiger partial charge in [-0.1, -0.05) is 31.5 Å². The summed E-state index contributed by atoms with van der Waals surface area (Å²) in [6.45, 7) is 3.75. The molecule has 1 amide bonds. The quantitative estimate of drug-likeness (QED) is 0.455. The number of pyridine rings is 1. The van der Waals surface area contributed by atoms with Crippen LogP contribution in [-0.2, 0) is 21.2 Å². The molecule has 0 saturated carbocycles. The molecule has 0 fully saturated rings. The third-order valence-electron chi connectivity index (χ3n) is 5.11. The van der Waals surface area contributed by atoms with Gasteiger partial charge in [-0.3, -0.25) is 9.78 Å². The van der Waals surface area contributed by atoms with E-state index in [1.54, 1.807) is 36.7 Å². The van der Waals surface area contributed by atoms with Crippen molar-refractivity contribution < 1.29 is 22.3 Å². The van der Waals surface area contributed by atoms with Crippen LogP contribution in [0.2, 0.25) is 0 Å². The molecule has 0 saturated heterocycles. The Morgan fingerprint density at radius 3 is 2.45 bits per heavy atom. The van der Waals surface area contributed by atoms with Crippen LogP contribution in [0.3, 0.4) is 0 Å². The maximum atomic E-state index is 13.6. The van der Waals surface area contributed by atoms with Crippen molar-refractivity contribution in [2.45, 2.75) is 38.1 Å². The second-order valence-electron chi connectivity index (χ2n) is 7.74. The van der Waals surface area contributed by atoms with Gasteiger partial charge in [-0.05, 0) is 41.8 Å². The molecule has 1 N–H and O–H groups in total. The number of hydrogen-bond acceptors (Lipinski definition) is 5. The molecular weight excluding hydrogens is 443 g/mol. The zero-order valence-electron chi connectivity index (χ0n) is 18.9. The summed E-state index contributed by atoms with van der Waals surface area (Å²) in [4.78, 5) is 15.9. The number of rotatable bonds is 9. The highest BCUT2D eigenvalue weighted by molar-refractivity contribution is 7.90. The summed E-state index contributed by atoms with van der Waals surface area (Å²) in [6, 6.07) is 11.0. The molecule has 0 aliphatic rings. The monoisotopic (exact) mass is 470 g/mol. The Bertz CT molecular complexity index is 1230. The number of amides is 1. The predicted molar refractivity (Wildman–Crippen MR) is 126 cm³/mol. The molecule has 8 heteroatoms. The molecular formula is C25H27FN2O4S. The minimum Gasteiger partial charge on any atom is -0.493 e. The van der Waals surface area contributed by atoms with E-state index in [0.29, 0.717) is 40.2 Å². The molecule has 3 aromatic rings. The first-order chi connectivity index (χ1) is 15.7. The molecule has 0 aliphatic carbocycles. The van der Waals surface area contributed by atoms with Gasteiger partial charge < -0.3 is 10.1 Å². The van der Waals surface area contributed by atoms with Crippen LogP contribution in [0.1, 0.15) is 32.3 Å². The topological polar surface area (TPSA) is 85.4 Å². The zero-order chi connectivity index (χ0) is 24.0. The second-order valence-corrected chi connectivity index (χ2v) is 9.72. The van der Waals surface area contributed by atoms with E-state index in [9.17, 15) is 17.6 Å². The Kier molecular flexibility index (Phi) is 7.81. The number of carbonyl (C=O) groups is 1. The molecule has 0 atom stereocenters.